The molecule has 0 aliphatic rings. The van der Waals surface area contributed by atoms with E-state index in [4.69, 9.17) is 4.74 Å². The molecule has 1 amide bonds. The monoisotopic (exact) mass is 351 g/mol. The Labute approximate surface area is 154 Å². The van der Waals surface area contributed by atoms with Crippen LogP contribution >= 0.6 is 0 Å². The van der Waals surface area contributed by atoms with Gasteiger partial charge in [-0.3, -0.25) is 4.79 Å². The number of unbranched alkanes of at least 4 members (excludes halogenated alkanes) is 1. The molecular formula is C21H25N3O2. The van der Waals surface area contributed by atoms with Crippen molar-refractivity contribution >= 4 is 17.4 Å². The number of nitrogens with one attached hydrogen (secondary N) is 1. The van der Waals surface area contributed by atoms with Gasteiger partial charge in [0.05, 0.1) is 24.2 Å². The lowest BCUT2D eigenvalue weighted by Crippen LogP contribution is -2.15. The molecule has 136 valence electrons. The first-order chi connectivity index (χ1) is 12.8. The molecule has 0 saturated heterocycles. The Morgan fingerprint density at radius 1 is 1.12 bits per heavy atom. The van der Waals surface area contributed by atoms with Crippen LogP contribution in [0.1, 0.15) is 31.2 Å². The Bertz CT molecular complexity index is 840. The maximum absolute atomic E-state index is 10.6. The number of imidazole rings is 1. The van der Waals surface area contributed by atoms with Crippen molar-refractivity contribution in [3.63, 3.8) is 0 Å². The summed E-state index contributed by atoms with van der Waals surface area (Å²) in [6.45, 7) is 4.14. The molecule has 3 aromatic rings. The van der Waals surface area contributed by atoms with Crippen molar-refractivity contribution in [2.24, 2.45) is 0 Å². The van der Waals surface area contributed by atoms with Gasteiger partial charge in [0.25, 0.3) is 0 Å². The molecule has 5 nitrogen and oxygen atoms in total. The van der Waals surface area contributed by atoms with E-state index in [0.29, 0.717) is 19.6 Å². The standard InChI is InChI=1S/C21H25N3O2/c1-2-17-9-11-18(12-10-17)26-14-6-5-13-24-20-8-4-3-7-19(20)23-21(24)15-22-16-25/h3-4,7-12,16H,2,5-6,13-15H2,1H3,(H,22,25). The van der Waals surface area contributed by atoms with E-state index in [1.165, 1.54) is 5.56 Å². The summed E-state index contributed by atoms with van der Waals surface area (Å²) in [6, 6.07) is 16.3. The highest BCUT2D eigenvalue weighted by Crippen LogP contribution is 2.17. The molecule has 0 saturated carbocycles. The minimum absolute atomic E-state index is 0.443. The van der Waals surface area contributed by atoms with Gasteiger partial charge in [0.2, 0.25) is 6.41 Å². The molecule has 0 fully saturated rings. The van der Waals surface area contributed by atoms with E-state index < -0.39 is 0 Å². The first-order valence-corrected chi connectivity index (χ1v) is 9.14. The molecule has 0 aliphatic heterocycles. The molecule has 5 heteroatoms. The van der Waals surface area contributed by atoms with Crippen molar-refractivity contribution < 1.29 is 9.53 Å². The van der Waals surface area contributed by atoms with Crippen molar-refractivity contribution in [2.75, 3.05) is 6.61 Å². The number of aryl methyl sites for hydroxylation is 2. The number of ether oxygens (including phenoxy) is 1. The Morgan fingerprint density at radius 3 is 2.69 bits per heavy atom. The summed E-state index contributed by atoms with van der Waals surface area (Å²) in [5, 5.41) is 2.71. The third-order valence-electron chi connectivity index (χ3n) is 4.45. The second-order valence-corrected chi connectivity index (χ2v) is 6.22. The first-order valence-electron chi connectivity index (χ1n) is 9.14. The van der Waals surface area contributed by atoms with Crippen molar-refractivity contribution in [3.05, 3.63) is 59.9 Å². The number of para-hydroxylation sites is 2. The lowest BCUT2D eigenvalue weighted by molar-refractivity contribution is -0.109. The van der Waals surface area contributed by atoms with Gasteiger partial charge in [-0.1, -0.05) is 31.2 Å². The molecule has 26 heavy (non-hydrogen) atoms. The fourth-order valence-electron chi connectivity index (χ4n) is 3.03. The topological polar surface area (TPSA) is 56.1 Å². The van der Waals surface area contributed by atoms with Gasteiger partial charge >= 0.3 is 0 Å². The largest absolute Gasteiger partial charge is 0.494 e. The number of carbonyl (C=O) groups is 1. The molecule has 0 atom stereocenters. The van der Waals surface area contributed by atoms with Crippen LogP contribution in [-0.2, 0) is 24.3 Å². The highest BCUT2D eigenvalue weighted by molar-refractivity contribution is 5.75. The van der Waals surface area contributed by atoms with E-state index in [0.717, 1.165) is 48.4 Å². The second-order valence-electron chi connectivity index (χ2n) is 6.22. The van der Waals surface area contributed by atoms with E-state index >= 15 is 0 Å². The van der Waals surface area contributed by atoms with Crippen molar-refractivity contribution in [1.82, 2.24) is 14.9 Å². The zero-order valence-corrected chi connectivity index (χ0v) is 15.1. The maximum atomic E-state index is 10.6. The average Bonchev–Trinajstić information content (AvgIpc) is 3.04. The number of hydrogen-bond donors (Lipinski definition) is 1. The molecule has 0 unspecified atom stereocenters. The van der Waals surface area contributed by atoms with Crippen LogP contribution < -0.4 is 10.1 Å². The van der Waals surface area contributed by atoms with Crippen LogP contribution in [0, 0.1) is 0 Å². The summed E-state index contributed by atoms with van der Waals surface area (Å²) in [6.07, 6.45) is 3.70. The minimum atomic E-state index is 0.443. The zero-order chi connectivity index (χ0) is 18.2. The van der Waals surface area contributed by atoms with Gasteiger partial charge in [0.15, 0.2) is 0 Å². The number of fused-ring (bicyclic) bond motifs is 1. The van der Waals surface area contributed by atoms with E-state index in [2.05, 4.69) is 40.0 Å². The van der Waals surface area contributed by atoms with Crippen LogP contribution in [0.2, 0.25) is 0 Å². The van der Waals surface area contributed by atoms with Crippen LogP contribution in [0.5, 0.6) is 5.75 Å². The van der Waals surface area contributed by atoms with Crippen LogP contribution in [0.15, 0.2) is 48.5 Å². The number of carbonyl (C=O) groups excluding carboxylic acids is 1. The third-order valence-corrected chi connectivity index (χ3v) is 4.45. The quantitative estimate of drug-likeness (QED) is 0.447. The van der Waals surface area contributed by atoms with E-state index in [-0.39, 0.29) is 0 Å². The number of rotatable bonds is 10. The van der Waals surface area contributed by atoms with E-state index in [9.17, 15) is 4.79 Å². The molecule has 0 spiro atoms. The van der Waals surface area contributed by atoms with Gasteiger partial charge in [0.1, 0.15) is 11.6 Å². The van der Waals surface area contributed by atoms with E-state index in [1.54, 1.807) is 0 Å². The van der Waals surface area contributed by atoms with Crippen LogP contribution in [0.25, 0.3) is 11.0 Å². The van der Waals surface area contributed by atoms with Gasteiger partial charge in [-0.25, -0.2) is 4.98 Å². The predicted molar refractivity (Wildman–Crippen MR) is 103 cm³/mol. The van der Waals surface area contributed by atoms with Gasteiger partial charge < -0.3 is 14.6 Å². The maximum Gasteiger partial charge on any atom is 0.207 e. The van der Waals surface area contributed by atoms with Gasteiger partial charge in [0, 0.05) is 6.54 Å². The minimum Gasteiger partial charge on any atom is -0.494 e. The highest BCUT2D eigenvalue weighted by Gasteiger charge is 2.09. The molecule has 3 rings (SSSR count). The SMILES string of the molecule is CCc1ccc(OCCCCn2c(CNC=O)nc3ccccc32)cc1. The fourth-order valence-corrected chi connectivity index (χ4v) is 3.03. The average molecular weight is 351 g/mol. The van der Waals surface area contributed by atoms with Gasteiger partial charge in [-0.15, -0.1) is 0 Å². The summed E-state index contributed by atoms with van der Waals surface area (Å²) >= 11 is 0. The summed E-state index contributed by atoms with van der Waals surface area (Å²) in [5.74, 6) is 1.81. The van der Waals surface area contributed by atoms with E-state index in [1.807, 2.05) is 30.3 Å². The Balaban J connectivity index is 1.54. The van der Waals surface area contributed by atoms with Gasteiger partial charge in [-0.05, 0) is 49.1 Å². The number of benzene rings is 2. The molecular weight excluding hydrogens is 326 g/mol. The number of nitrogens with zero attached hydrogens (tertiary/aromatic N) is 2. The number of aromatic nitrogens is 2. The second kappa shape index (κ2) is 9.04. The summed E-state index contributed by atoms with van der Waals surface area (Å²) in [5.41, 5.74) is 3.38. The van der Waals surface area contributed by atoms with Crippen LogP contribution in [0.3, 0.4) is 0 Å². The Hall–Kier alpha value is -2.82. The lowest BCUT2D eigenvalue weighted by atomic mass is 10.2. The molecule has 1 N–H and O–H groups in total. The fraction of sp³-hybridized carbons (Fsp3) is 0.333. The van der Waals surface area contributed by atoms with Crippen LogP contribution in [-0.4, -0.2) is 22.6 Å². The molecule has 2 aromatic carbocycles. The summed E-state index contributed by atoms with van der Waals surface area (Å²) in [4.78, 5) is 15.2. The number of amides is 1. The highest BCUT2D eigenvalue weighted by atomic mass is 16.5. The Morgan fingerprint density at radius 2 is 1.92 bits per heavy atom. The lowest BCUT2D eigenvalue weighted by Gasteiger charge is -2.10. The Kier molecular flexibility index (Phi) is 6.25. The smallest absolute Gasteiger partial charge is 0.207 e. The zero-order valence-electron chi connectivity index (χ0n) is 15.1. The summed E-state index contributed by atoms with van der Waals surface area (Å²) in [7, 11) is 0. The summed E-state index contributed by atoms with van der Waals surface area (Å²) < 4.78 is 8.01. The van der Waals surface area contributed by atoms with Crippen LogP contribution in [0.4, 0.5) is 0 Å². The predicted octanol–water partition coefficient (Wildman–Crippen LogP) is 3.70. The first kappa shape index (κ1) is 18.0. The van der Waals surface area contributed by atoms with Crippen molar-refractivity contribution in [1.29, 1.82) is 0 Å². The number of hydrogen-bond acceptors (Lipinski definition) is 3. The molecule has 0 bridgehead atoms. The molecule has 0 aliphatic carbocycles. The normalized spacial score (nSPS) is 10.8. The third kappa shape index (κ3) is 4.42. The molecule has 0 radical (unpaired) electrons. The molecule has 1 heterocycles. The van der Waals surface area contributed by atoms with Crippen molar-refractivity contribution in [3.8, 4) is 5.75 Å². The van der Waals surface area contributed by atoms with Gasteiger partial charge in [-0.2, -0.15) is 0 Å². The van der Waals surface area contributed by atoms with Crippen molar-refractivity contribution in [2.45, 2.75) is 39.3 Å². The molecule has 1 aromatic heterocycles.